The number of benzene rings is 1. The van der Waals surface area contributed by atoms with Crippen molar-refractivity contribution in [2.24, 2.45) is 5.92 Å². The van der Waals surface area contributed by atoms with E-state index in [9.17, 15) is 0 Å². The van der Waals surface area contributed by atoms with Crippen LogP contribution in [0.4, 0.5) is 0 Å². The molecule has 2 heterocycles. The minimum Gasteiger partial charge on any atom is -0.467 e. The average molecular weight is 284 g/mol. The van der Waals surface area contributed by atoms with E-state index in [2.05, 4.69) is 53.7 Å². The molecule has 21 heavy (non-hydrogen) atoms. The second-order valence-electron chi connectivity index (χ2n) is 5.96. The Labute approximate surface area is 127 Å². The molecule has 1 aromatic carbocycles. The zero-order valence-electron chi connectivity index (χ0n) is 12.7. The SMILES string of the molecule is CN(CC1CCNCC1)C(c1ccccc1)c1ccco1. The molecule has 2 aromatic rings. The molecule has 1 saturated heterocycles. The number of nitrogens with zero attached hydrogens (tertiary/aromatic N) is 1. The van der Waals surface area contributed by atoms with E-state index in [1.165, 1.54) is 18.4 Å². The van der Waals surface area contributed by atoms with Crippen molar-refractivity contribution in [3.8, 4) is 0 Å². The first kappa shape index (κ1) is 14.4. The molecular formula is C18H24N2O. The van der Waals surface area contributed by atoms with Gasteiger partial charge in [-0.25, -0.2) is 0 Å². The first-order valence-electron chi connectivity index (χ1n) is 7.84. The molecule has 0 spiro atoms. The Bertz CT molecular complexity index is 517. The van der Waals surface area contributed by atoms with Crippen molar-refractivity contribution in [3.63, 3.8) is 0 Å². The summed E-state index contributed by atoms with van der Waals surface area (Å²) in [7, 11) is 2.21. The van der Waals surface area contributed by atoms with Gasteiger partial charge in [-0.3, -0.25) is 4.90 Å². The molecule has 3 rings (SSSR count). The Morgan fingerprint density at radius 3 is 2.57 bits per heavy atom. The molecule has 1 N–H and O–H groups in total. The third kappa shape index (κ3) is 3.55. The molecule has 1 aliphatic rings. The normalized spacial score (nSPS) is 18.0. The fourth-order valence-corrected chi connectivity index (χ4v) is 3.30. The summed E-state index contributed by atoms with van der Waals surface area (Å²) in [5.41, 5.74) is 1.30. The van der Waals surface area contributed by atoms with Gasteiger partial charge in [-0.05, 0) is 56.6 Å². The van der Waals surface area contributed by atoms with Crippen LogP contribution in [0.15, 0.2) is 53.1 Å². The second kappa shape index (κ2) is 6.92. The molecule has 3 heteroatoms. The van der Waals surface area contributed by atoms with Crippen molar-refractivity contribution in [1.29, 1.82) is 0 Å². The van der Waals surface area contributed by atoms with Gasteiger partial charge < -0.3 is 9.73 Å². The third-order valence-corrected chi connectivity index (χ3v) is 4.37. The van der Waals surface area contributed by atoms with Gasteiger partial charge in [0.25, 0.3) is 0 Å². The van der Waals surface area contributed by atoms with Gasteiger partial charge >= 0.3 is 0 Å². The zero-order chi connectivity index (χ0) is 14.5. The Morgan fingerprint density at radius 2 is 1.90 bits per heavy atom. The number of furan rings is 1. The van der Waals surface area contributed by atoms with Crippen LogP contribution in [-0.4, -0.2) is 31.6 Å². The second-order valence-corrected chi connectivity index (χ2v) is 5.96. The van der Waals surface area contributed by atoms with Gasteiger partial charge in [0.05, 0.1) is 12.3 Å². The molecule has 0 aliphatic carbocycles. The van der Waals surface area contributed by atoms with E-state index in [0.717, 1.165) is 31.3 Å². The predicted molar refractivity (Wildman–Crippen MR) is 85.2 cm³/mol. The maximum absolute atomic E-state index is 5.71. The molecule has 0 radical (unpaired) electrons. The van der Waals surface area contributed by atoms with Gasteiger partial charge in [0.15, 0.2) is 0 Å². The quantitative estimate of drug-likeness (QED) is 0.913. The van der Waals surface area contributed by atoms with E-state index in [0.29, 0.717) is 0 Å². The van der Waals surface area contributed by atoms with E-state index < -0.39 is 0 Å². The van der Waals surface area contributed by atoms with Crippen LogP contribution >= 0.6 is 0 Å². The summed E-state index contributed by atoms with van der Waals surface area (Å²) < 4.78 is 5.71. The highest BCUT2D eigenvalue weighted by Crippen LogP contribution is 2.29. The van der Waals surface area contributed by atoms with Crippen molar-refractivity contribution >= 4 is 0 Å². The van der Waals surface area contributed by atoms with E-state index >= 15 is 0 Å². The molecule has 112 valence electrons. The number of nitrogens with one attached hydrogen (secondary N) is 1. The maximum atomic E-state index is 5.71. The smallest absolute Gasteiger partial charge is 0.125 e. The van der Waals surface area contributed by atoms with E-state index in [1.54, 1.807) is 6.26 Å². The summed E-state index contributed by atoms with van der Waals surface area (Å²) in [6.07, 6.45) is 4.30. The predicted octanol–water partition coefficient (Wildman–Crippen LogP) is 3.30. The molecule has 0 amide bonds. The fraction of sp³-hybridized carbons (Fsp3) is 0.444. The highest BCUT2D eigenvalue weighted by Gasteiger charge is 2.24. The van der Waals surface area contributed by atoms with Crippen LogP contribution in [0.5, 0.6) is 0 Å². The van der Waals surface area contributed by atoms with Gasteiger partial charge in [-0.15, -0.1) is 0 Å². The molecule has 1 aromatic heterocycles. The van der Waals surface area contributed by atoms with Gasteiger partial charge in [0.1, 0.15) is 5.76 Å². The van der Waals surface area contributed by atoms with Crippen LogP contribution < -0.4 is 5.32 Å². The Balaban J connectivity index is 1.78. The minimum atomic E-state index is 0.205. The lowest BCUT2D eigenvalue weighted by atomic mass is 9.95. The summed E-state index contributed by atoms with van der Waals surface area (Å²) in [5, 5.41) is 3.44. The Morgan fingerprint density at radius 1 is 1.14 bits per heavy atom. The van der Waals surface area contributed by atoms with Crippen molar-refractivity contribution < 1.29 is 4.42 Å². The molecule has 1 atom stereocenters. The summed E-state index contributed by atoms with van der Waals surface area (Å²) in [6.45, 7) is 3.41. The van der Waals surface area contributed by atoms with Crippen LogP contribution in [0.25, 0.3) is 0 Å². The number of hydrogen-bond acceptors (Lipinski definition) is 3. The van der Waals surface area contributed by atoms with Crippen LogP contribution in [0, 0.1) is 5.92 Å². The van der Waals surface area contributed by atoms with Gasteiger partial charge in [0, 0.05) is 6.54 Å². The lowest BCUT2D eigenvalue weighted by molar-refractivity contribution is 0.191. The maximum Gasteiger partial charge on any atom is 0.125 e. The average Bonchev–Trinajstić information content (AvgIpc) is 3.03. The molecule has 0 saturated carbocycles. The molecule has 1 unspecified atom stereocenters. The first-order chi connectivity index (χ1) is 10.3. The topological polar surface area (TPSA) is 28.4 Å². The zero-order valence-corrected chi connectivity index (χ0v) is 12.7. The minimum absolute atomic E-state index is 0.205. The monoisotopic (exact) mass is 284 g/mol. The third-order valence-electron chi connectivity index (χ3n) is 4.37. The van der Waals surface area contributed by atoms with Gasteiger partial charge in [-0.2, -0.15) is 0 Å². The van der Waals surface area contributed by atoms with Crippen molar-refractivity contribution in [2.75, 3.05) is 26.7 Å². The van der Waals surface area contributed by atoms with Gasteiger partial charge in [0.2, 0.25) is 0 Å². The summed E-state index contributed by atoms with van der Waals surface area (Å²) in [4.78, 5) is 2.43. The Hall–Kier alpha value is -1.58. The fourth-order valence-electron chi connectivity index (χ4n) is 3.30. The lowest BCUT2D eigenvalue weighted by Gasteiger charge is -2.32. The van der Waals surface area contributed by atoms with Crippen LogP contribution in [0.3, 0.4) is 0 Å². The van der Waals surface area contributed by atoms with Crippen molar-refractivity contribution in [3.05, 3.63) is 60.1 Å². The van der Waals surface area contributed by atoms with E-state index in [1.807, 2.05) is 6.07 Å². The standard InChI is InChI=1S/C18H24N2O/c1-20(14-15-9-11-19-12-10-15)18(17-8-5-13-21-17)16-6-3-2-4-7-16/h2-8,13,15,18-19H,9-12,14H2,1H3. The summed E-state index contributed by atoms with van der Waals surface area (Å²) in [5.74, 6) is 1.80. The number of hydrogen-bond donors (Lipinski definition) is 1. The summed E-state index contributed by atoms with van der Waals surface area (Å²) in [6, 6.07) is 14.9. The van der Waals surface area contributed by atoms with E-state index in [-0.39, 0.29) is 6.04 Å². The lowest BCUT2D eigenvalue weighted by Crippen LogP contribution is -2.36. The number of rotatable bonds is 5. The summed E-state index contributed by atoms with van der Waals surface area (Å²) >= 11 is 0. The molecule has 3 nitrogen and oxygen atoms in total. The van der Waals surface area contributed by atoms with Gasteiger partial charge in [-0.1, -0.05) is 30.3 Å². The number of piperidine rings is 1. The van der Waals surface area contributed by atoms with Crippen LogP contribution in [-0.2, 0) is 0 Å². The van der Waals surface area contributed by atoms with E-state index in [4.69, 9.17) is 4.42 Å². The van der Waals surface area contributed by atoms with Crippen molar-refractivity contribution in [2.45, 2.75) is 18.9 Å². The molecule has 0 bridgehead atoms. The van der Waals surface area contributed by atoms with Crippen molar-refractivity contribution in [1.82, 2.24) is 10.2 Å². The van der Waals surface area contributed by atoms with Crippen LogP contribution in [0.2, 0.25) is 0 Å². The largest absolute Gasteiger partial charge is 0.467 e. The molecular weight excluding hydrogens is 260 g/mol. The molecule has 1 aliphatic heterocycles. The molecule has 1 fully saturated rings. The highest BCUT2D eigenvalue weighted by atomic mass is 16.3. The highest BCUT2D eigenvalue weighted by molar-refractivity contribution is 5.26. The van der Waals surface area contributed by atoms with Crippen LogP contribution in [0.1, 0.15) is 30.2 Å². The first-order valence-corrected chi connectivity index (χ1v) is 7.84. The Kier molecular flexibility index (Phi) is 4.73.